The molecule has 6 heteroatoms. The van der Waals surface area contributed by atoms with E-state index in [4.69, 9.17) is 9.47 Å². The minimum Gasteiger partial charge on any atom is -0.497 e. The molecular weight excluding hydrogens is 258 g/mol. The molecule has 20 heavy (non-hydrogen) atoms. The first-order chi connectivity index (χ1) is 9.35. The molecule has 6 nitrogen and oxygen atoms in total. The lowest BCUT2D eigenvalue weighted by Crippen LogP contribution is -2.43. The van der Waals surface area contributed by atoms with Gasteiger partial charge in [0, 0.05) is 5.56 Å². The number of benzene rings is 1. The minimum atomic E-state index is -0.143. The molecule has 0 saturated heterocycles. The molecule has 0 bridgehead atoms. The van der Waals surface area contributed by atoms with E-state index in [0.717, 1.165) is 5.56 Å². The zero-order valence-corrected chi connectivity index (χ0v) is 12.6. The van der Waals surface area contributed by atoms with Crippen LogP contribution in [0.15, 0.2) is 23.3 Å². The molecule has 0 fully saturated rings. The molecule has 0 saturated carbocycles. The molecule has 0 atom stereocenters. The summed E-state index contributed by atoms with van der Waals surface area (Å²) < 4.78 is 10.9. The highest BCUT2D eigenvalue weighted by Crippen LogP contribution is 2.22. The summed E-state index contributed by atoms with van der Waals surface area (Å²) in [6.45, 7) is 0.354. The maximum absolute atomic E-state index is 11.6. The van der Waals surface area contributed by atoms with E-state index in [9.17, 15) is 4.79 Å². The number of quaternary nitrogens is 1. The van der Waals surface area contributed by atoms with Crippen LogP contribution in [0.1, 0.15) is 5.56 Å². The van der Waals surface area contributed by atoms with Gasteiger partial charge in [0.2, 0.25) is 0 Å². The molecule has 0 aromatic heterocycles. The van der Waals surface area contributed by atoms with Gasteiger partial charge in [-0.3, -0.25) is 4.79 Å². The molecular formula is C14H22N3O3+. The number of carbonyl (C=O) groups excluding carboxylic acids is 1. The molecule has 1 rings (SSSR count). The monoisotopic (exact) mass is 280 g/mol. The Morgan fingerprint density at radius 3 is 2.55 bits per heavy atom. The Hall–Kier alpha value is -2.08. The van der Waals surface area contributed by atoms with E-state index in [1.807, 2.05) is 21.1 Å². The van der Waals surface area contributed by atoms with Gasteiger partial charge in [-0.1, -0.05) is 0 Å². The Morgan fingerprint density at radius 2 is 2.00 bits per heavy atom. The van der Waals surface area contributed by atoms with Crippen molar-refractivity contribution in [2.75, 3.05) is 41.9 Å². The zero-order valence-electron chi connectivity index (χ0n) is 12.6. The van der Waals surface area contributed by atoms with Crippen LogP contribution in [0.2, 0.25) is 0 Å². The van der Waals surface area contributed by atoms with Crippen molar-refractivity contribution >= 4 is 12.1 Å². The van der Waals surface area contributed by atoms with E-state index >= 15 is 0 Å². The lowest BCUT2D eigenvalue weighted by Gasteiger charge is -2.22. The van der Waals surface area contributed by atoms with Crippen molar-refractivity contribution in [3.8, 4) is 11.5 Å². The molecule has 110 valence electrons. The number of nitrogens with zero attached hydrogens (tertiary/aromatic N) is 2. The maximum Gasteiger partial charge on any atom is 0.295 e. The summed E-state index contributed by atoms with van der Waals surface area (Å²) in [6.07, 6.45) is 1.54. The number of rotatable bonds is 6. The summed E-state index contributed by atoms with van der Waals surface area (Å²) in [7, 11) is 8.98. The zero-order chi connectivity index (χ0) is 15.2. The van der Waals surface area contributed by atoms with Crippen molar-refractivity contribution in [3.63, 3.8) is 0 Å². The Kier molecular flexibility index (Phi) is 5.52. The van der Waals surface area contributed by atoms with Gasteiger partial charge in [-0.05, 0) is 18.2 Å². The predicted molar refractivity (Wildman–Crippen MR) is 78.2 cm³/mol. The van der Waals surface area contributed by atoms with Crippen LogP contribution in [-0.2, 0) is 4.79 Å². The van der Waals surface area contributed by atoms with Gasteiger partial charge in [0.15, 0.2) is 6.54 Å². The van der Waals surface area contributed by atoms with Crippen LogP contribution in [0.5, 0.6) is 11.5 Å². The molecule has 1 amide bonds. The highest BCUT2D eigenvalue weighted by Gasteiger charge is 2.13. The van der Waals surface area contributed by atoms with Crippen LogP contribution >= 0.6 is 0 Å². The fraction of sp³-hybridized carbons (Fsp3) is 0.429. The summed E-state index contributed by atoms with van der Waals surface area (Å²) in [5.74, 6) is 1.22. The van der Waals surface area contributed by atoms with E-state index < -0.39 is 0 Å². The molecule has 0 spiro atoms. The highest BCUT2D eigenvalue weighted by molar-refractivity contribution is 5.86. The molecule has 0 unspecified atom stereocenters. The average molecular weight is 280 g/mol. The van der Waals surface area contributed by atoms with Gasteiger partial charge in [-0.2, -0.15) is 5.10 Å². The second-order valence-corrected chi connectivity index (χ2v) is 5.35. The van der Waals surface area contributed by atoms with Gasteiger partial charge in [0.1, 0.15) is 11.5 Å². The van der Waals surface area contributed by atoms with Crippen molar-refractivity contribution in [1.29, 1.82) is 0 Å². The maximum atomic E-state index is 11.6. The van der Waals surface area contributed by atoms with Crippen molar-refractivity contribution in [2.45, 2.75) is 0 Å². The molecule has 1 N–H and O–H groups in total. The van der Waals surface area contributed by atoms with Gasteiger partial charge >= 0.3 is 0 Å². The van der Waals surface area contributed by atoms with Crippen molar-refractivity contribution in [1.82, 2.24) is 5.43 Å². The minimum absolute atomic E-state index is 0.143. The first-order valence-electron chi connectivity index (χ1n) is 6.20. The van der Waals surface area contributed by atoms with E-state index in [0.29, 0.717) is 22.5 Å². The first kappa shape index (κ1) is 16.0. The Labute approximate surface area is 119 Å². The van der Waals surface area contributed by atoms with Crippen LogP contribution in [0, 0.1) is 0 Å². The number of hydrogen-bond donors (Lipinski definition) is 1. The second kappa shape index (κ2) is 6.91. The normalized spacial score (nSPS) is 11.4. The molecule has 0 aliphatic heterocycles. The number of ether oxygens (including phenoxy) is 2. The quantitative estimate of drug-likeness (QED) is 0.477. The summed E-state index contributed by atoms with van der Waals surface area (Å²) in [5.41, 5.74) is 3.23. The van der Waals surface area contributed by atoms with E-state index in [2.05, 4.69) is 10.5 Å². The number of hydrazone groups is 1. The van der Waals surface area contributed by atoms with Crippen LogP contribution in [0.3, 0.4) is 0 Å². The number of carbonyl (C=O) groups is 1. The van der Waals surface area contributed by atoms with E-state index in [1.54, 1.807) is 32.4 Å². The number of methoxy groups -OCH3 is 2. The van der Waals surface area contributed by atoms with Gasteiger partial charge in [-0.25, -0.2) is 5.43 Å². The number of amides is 1. The molecule has 0 aliphatic carbocycles. The van der Waals surface area contributed by atoms with Crippen molar-refractivity contribution in [2.24, 2.45) is 5.10 Å². The Balaban J connectivity index is 2.72. The number of likely N-dealkylation sites (N-methyl/N-ethyl adjacent to an activating group) is 1. The summed E-state index contributed by atoms with van der Waals surface area (Å²) >= 11 is 0. The summed E-state index contributed by atoms with van der Waals surface area (Å²) in [5, 5.41) is 3.94. The lowest BCUT2D eigenvalue weighted by atomic mass is 10.2. The fourth-order valence-electron chi connectivity index (χ4n) is 1.58. The van der Waals surface area contributed by atoms with Crippen LogP contribution < -0.4 is 14.9 Å². The molecule has 1 aromatic rings. The van der Waals surface area contributed by atoms with Crippen LogP contribution in [0.25, 0.3) is 0 Å². The number of hydrogen-bond acceptors (Lipinski definition) is 4. The first-order valence-corrected chi connectivity index (χ1v) is 6.20. The third-order valence-electron chi connectivity index (χ3n) is 2.45. The topological polar surface area (TPSA) is 59.9 Å². The van der Waals surface area contributed by atoms with Gasteiger partial charge < -0.3 is 14.0 Å². The van der Waals surface area contributed by atoms with Gasteiger partial charge in [-0.15, -0.1) is 0 Å². The van der Waals surface area contributed by atoms with Crippen molar-refractivity contribution in [3.05, 3.63) is 23.8 Å². The third kappa shape index (κ3) is 5.27. The van der Waals surface area contributed by atoms with Gasteiger partial charge in [0.05, 0.1) is 41.6 Å². The summed E-state index contributed by atoms with van der Waals surface area (Å²) in [6, 6.07) is 5.37. The van der Waals surface area contributed by atoms with Gasteiger partial charge in [0.25, 0.3) is 5.91 Å². The molecule has 1 aromatic carbocycles. The smallest absolute Gasteiger partial charge is 0.295 e. The van der Waals surface area contributed by atoms with E-state index in [-0.39, 0.29) is 5.91 Å². The third-order valence-corrected chi connectivity index (χ3v) is 2.45. The lowest BCUT2D eigenvalue weighted by molar-refractivity contribution is -0.862. The Bertz CT molecular complexity index is 493. The number of nitrogens with one attached hydrogen (secondary N) is 1. The van der Waals surface area contributed by atoms with Crippen LogP contribution in [0.4, 0.5) is 0 Å². The van der Waals surface area contributed by atoms with E-state index in [1.165, 1.54) is 6.21 Å². The summed E-state index contributed by atoms with van der Waals surface area (Å²) in [4.78, 5) is 11.6. The highest BCUT2D eigenvalue weighted by atomic mass is 16.5. The molecule has 0 heterocycles. The Morgan fingerprint density at radius 1 is 1.30 bits per heavy atom. The van der Waals surface area contributed by atoms with Crippen LogP contribution in [-0.4, -0.2) is 58.5 Å². The standard InChI is InChI=1S/C14H21N3O3/c1-17(2,3)10-14(18)16-15-9-11-8-12(19-4)6-7-13(11)20-5/h6-9H,10H2,1-5H3/p+1. The SMILES string of the molecule is COc1ccc(OC)c(C=NNC(=O)C[N+](C)(C)C)c1. The van der Waals surface area contributed by atoms with Crippen molar-refractivity contribution < 1.29 is 18.8 Å². The molecule has 0 aliphatic rings. The predicted octanol–water partition coefficient (Wildman–Crippen LogP) is 0.860. The molecule has 0 radical (unpaired) electrons. The second-order valence-electron chi connectivity index (χ2n) is 5.35. The average Bonchev–Trinajstić information content (AvgIpc) is 2.36. The fourth-order valence-corrected chi connectivity index (χ4v) is 1.58. The largest absolute Gasteiger partial charge is 0.497 e.